The van der Waals surface area contributed by atoms with Crippen molar-refractivity contribution in [2.75, 3.05) is 18.6 Å². The van der Waals surface area contributed by atoms with Crippen LogP contribution in [0.15, 0.2) is 12.1 Å². The molecule has 0 spiro atoms. The predicted molar refractivity (Wildman–Crippen MR) is 76.4 cm³/mol. The van der Waals surface area contributed by atoms with Crippen LogP contribution in [0.25, 0.3) is 0 Å². The lowest BCUT2D eigenvalue weighted by molar-refractivity contribution is -0.121. The van der Waals surface area contributed by atoms with E-state index < -0.39 is 24.1 Å². The highest BCUT2D eigenvalue weighted by Crippen LogP contribution is 2.37. The van der Waals surface area contributed by atoms with Crippen molar-refractivity contribution in [3.05, 3.63) is 23.3 Å². The van der Waals surface area contributed by atoms with Crippen molar-refractivity contribution in [2.24, 2.45) is 0 Å². The molecule has 1 aromatic carbocycles. The molecule has 2 aliphatic heterocycles. The molecule has 7 nitrogen and oxygen atoms in total. The first-order chi connectivity index (χ1) is 10.5. The number of fused-ring (bicyclic) bond motifs is 1. The molecule has 2 heterocycles. The lowest BCUT2D eigenvalue weighted by Crippen LogP contribution is -2.36. The Morgan fingerprint density at radius 1 is 1.41 bits per heavy atom. The number of ether oxygens (including phenoxy) is 1. The number of carbonyl (C=O) groups is 2. The summed E-state index contributed by atoms with van der Waals surface area (Å²) in [6.07, 6.45) is -0.423. The number of carbonyl (C=O) groups excluding carboxylic acids is 2. The summed E-state index contributed by atoms with van der Waals surface area (Å²) in [4.78, 5) is 27.4. The van der Waals surface area contributed by atoms with E-state index in [-0.39, 0.29) is 0 Å². The summed E-state index contributed by atoms with van der Waals surface area (Å²) in [7, 11) is 1.43. The van der Waals surface area contributed by atoms with Crippen LogP contribution in [0.2, 0.25) is 0 Å². The fourth-order valence-corrected chi connectivity index (χ4v) is 3.14. The SMILES string of the molecule is COc1c(C#N)ccc(N2C(=O)[C@@H]3[C@H](O)CCN3C2=O)c1C. The van der Waals surface area contributed by atoms with E-state index in [1.54, 1.807) is 13.0 Å². The van der Waals surface area contributed by atoms with Gasteiger partial charge in [0.1, 0.15) is 17.9 Å². The average Bonchev–Trinajstić information content (AvgIpc) is 3.00. The summed E-state index contributed by atoms with van der Waals surface area (Å²) in [5.41, 5.74) is 1.26. The lowest BCUT2D eigenvalue weighted by atomic mass is 10.1. The molecule has 0 aliphatic carbocycles. The van der Waals surface area contributed by atoms with Crippen LogP contribution in [0.1, 0.15) is 17.5 Å². The van der Waals surface area contributed by atoms with Gasteiger partial charge in [0.2, 0.25) is 0 Å². The van der Waals surface area contributed by atoms with Crippen LogP contribution in [-0.2, 0) is 4.79 Å². The first-order valence-corrected chi connectivity index (χ1v) is 6.91. The van der Waals surface area contributed by atoms with Gasteiger partial charge in [0.25, 0.3) is 5.91 Å². The molecule has 1 N–H and O–H groups in total. The third-order valence-electron chi connectivity index (χ3n) is 4.22. The van der Waals surface area contributed by atoms with Gasteiger partial charge in [-0.25, -0.2) is 9.69 Å². The van der Waals surface area contributed by atoms with E-state index in [1.165, 1.54) is 18.1 Å². The van der Waals surface area contributed by atoms with Gasteiger partial charge in [-0.2, -0.15) is 5.26 Å². The molecule has 3 rings (SSSR count). The van der Waals surface area contributed by atoms with E-state index >= 15 is 0 Å². The van der Waals surface area contributed by atoms with Gasteiger partial charge in [0.05, 0.1) is 24.5 Å². The zero-order valence-electron chi connectivity index (χ0n) is 12.2. The number of hydrogen-bond donors (Lipinski definition) is 1. The quantitative estimate of drug-likeness (QED) is 0.815. The first kappa shape index (κ1) is 14.4. The molecule has 1 aromatic rings. The molecule has 0 radical (unpaired) electrons. The second kappa shape index (κ2) is 5.00. The van der Waals surface area contributed by atoms with Crippen molar-refractivity contribution in [1.82, 2.24) is 4.90 Å². The Labute approximate surface area is 127 Å². The summed E-state index contributed by atoms with van der Waals surface area (Å²) >= 11 is 0. The third kappa shape index (κ3) is 1.77. The Hall–Kier alpha value is -2.59. The number of nitriles is 1. The van der Waals surface area contributed by atoms with E-state index in [1.807, 2.05) is 6.07 Å². The van der Waals surface area contributed by atoms with Crippen LogP contribution in [0.3, 0.4) is 0 Å². The zero-order valence-corrected chi connectivity index (χ0v) is 12.2. The van der Waals surface area contributed by atoms with Gasteiger partial charge >= 0.3 is 6.03 Å². The van der Waals surface area contributed by atoms with Crippen LogP contribution in [0.4, 0.5) is 10.5 Å². The van der Waals surface area contributed by atoms with E-state index in [9.17, 15) is 14.7 Å². The molecule has 22 heavy (non-hydrogen) atoms. The number of hydrogen-bond acceptors (Lipinski definition) is 5. The van der Waals surface area contributed by atoms with Crippen LogP contribution in [0.5, 0.6) is 5.75 Å². The Balaban J connectivity index is 2.08. The number of methoxy groups -OCH3 is 1. The Morgan fingerprint density at radius 2 is 2.14 bits per heavy atom. The van der Waals surface area contributed by atoms with Crippen molar-refractivity contribution < 1.29 is 19.4 Å². The summed E-state index contributed by atoms with van der Waals surface area (Å²) in [6, 6.07) is 3.83. The van der Waals surface area contributed by atoms with Crippen molar-refractivity contribution >= 4 is 17.6 Å². The van der Waals surface area contributed by atoms with Crippen molar-refractivity contribution in [2.45, 2.75) is 25.5 Å². The molecule has 2 atom stereocenters. The van der Waals surface area contributed by atoms with Gasteiger partial charge in [-0.05, 0) is 25.5 Å². The number of imide groups is 1. The molecule has 2 fully saturated rings. The zero-order chi connectivity index (χ0) is 16.0. The highest BCUT2D eigenvalue weighted by Gasteiger charge is 2.52. The standard InChI is InChI=1S/C15H15N3O4/c1-8-10(4-3-9(7-16)13(8)22-2)18-14(20)12-11(19)5-6-17(12)15(18)21/h3-4,11-12,19H,5-6H2,1-2H3/t11-,12+/m1/s1. The maximum absolute atomic E-state index is 12.5. The van der Waals surface area contributed by atoms with Gasteiger partial charge < -0.3 is 14.7 Å². The van der Waals surface area contributed by atoms with E-state index in [2.05, 4.69) is 0 Å². The summed E-state index contributed by atoms with van der Waals surface area (Å²) in [5.74, 6) is -0.0990. The Kier molecular flexibility index (Phi) is 3.26. The van der Waals surface area contributed by atoms with E-state index in [0.717, 1.165) is 4.90 Å². The van der Waals surface area contributed by atoms with Crippen LogP contribution in [0, 0.1) is 18.3 Å². The molecule has 0 saturated carbocycles. The second-order valence-electron chi connectivity index (χ2n) is 5.35. The number of urea groups is 1. The Bertz CT molecular complexity index is 709. The third-order valence-corrected chi connectivity index (χ3v) is 4.22. The fraction of sp³-hybridized carbons (Fsp3) is 0.400. The van der Waals surface area contributed by atoms with Gasteiger partial charge in [-0.15, -0.1) is 0 Å². The van der Waals surface area contributed by atoms with Gasteiger partial charge in [-0.1, -0.05) is 0 Å². The van der Waals surface area contributed by atoms with Crippen LogP contribution in [-0.4, -0.2) is 47.7 Å². The summed E-state index contributed by atoms with van der Waals surface area (Å²) < 4.78 is 5.22. The number of nitrogens with zero attached hydrogens (tertiary/aromatic N) is 3. The molecule has 0 bridgehead atoms. The largest absolute Gasteiger partial charge is 0.495 e. The van der Waals surface area contributed by atoms with Crippen molar-refractivity contribution in [3.63, 3.8) is 0 Å². The minimum absolute atomic E-state index is 0.336. The maximum atomic E-state index is 12.5. The summed E-state index contributed by atoms with van der Waals surface area (Å²) in [6.45, 7) is 2.05. The number of aliphatic hydroxyl groups excluding tert-OH is 1. The predicted octanol–water partition coefficient (Wildman–Crippen LogP) is 0.777. The molecule has 0 unspecified atom stereocenters. The van der Waals surface area contributed by atoms with Crippen LogP contribution < -0.4 is 9.64 Å². The lowest BCUT2D eigenvalue weighted by Gasteiger charge is -2.19. The maximum Gasteiger partial charge on any atom is 0.332 e. The minimum atomic E-state index is -0.831. The monoisotopic (exact) mass is 301 g/mol. The molecular weight excluding hydrogens is 286 g/mol. The second-order valence-corrected chi connectivity index (χ2v) is 5.35. The highest BCUT2D eigenvalue weighted by molar-refractivity contribution is 6.22. The van der Waals surface area contributed by atoms with Crippen LogP contribution >= 0.6 is 0 Å². The molecule has 7 heteroatoms. The average molecular weight is 301 g/mol. The van der Waals surface area contributed by atoms with Crippen molar-refractivity contribution in [3.8, 4) is 11.8 Å². The molecule has 0 aromatic heterocycles. The molecule has 2 aliphatic rings. The fourth-order valence-electron chi connectivity index (χ4n) is 3.14. The van der Waals surface area contributed by atoms with Gasteiger partial charge in [0.15, 0.2) is 0 Å². The smallest absolute Gasteiger partial charge is 0.332 e. The van der Waals surface area contributed by atoms with Gasteiger partial charge in [-0.3, -0.25) is 4.79 Å². The topological polar surface area (TPSA) is 93.9 Å². The number of benzene rings is 1. The number of aliphatic hydroxyl groups is 1. The highest BCUT2D eigenvalue weighted by atomic mass is 16.5. The van der Waals surface area contributed by atoms with Gasteiger partial charge in [0, 0.05) is 12.1 Å². The first-order valence-electron chi connectivity index (χ1n) is 6.91. The number of rotatable bonds is 2. The molecule has 114 valence electrons. The molecular formula is C15H15N3O4. The molecule has 2 saturated heterocycles. The number of amides is 3. The summed E-state index contributed by atoms with van der Waals surface area (Å²) in [5, 5.41) is 19.0. The van der Waals surface area contributed by atoms with Crippen molar-refractivity contribution in [1.29, 1.82) is 5.26 Å². The van der Waals surface area contributed by atoms with E-state index in [4.69, 9.17) is 10.00 Å². The van der Waals surface area contributed by atoms with E-state index in [0.29, 0.717) is 35.5 Å². The number of anilines is 1. The normalized spacial score (nSPS) is 23.7. The Morgan fingerprint density at radius 3 is 2.73 bits per heavy atom. The minimum Gasteiger partial charge on any atom is -0.495 e. The molecule has 3 amide bonds.